The molecule has 2 saturated heterocycles. The summed E-state index contributed by atoms with van der Waals surface area (Å²) in [7, 11) is 0. The number of likely N-dealkylation sites (tertiary alicyclic amines) is 1. The molecule has 2 aromatic carbocycles. The van der Waals surface area contributed by atoms with Crippen LogP contribution in [-0.4, -0.2) is 50.3 Å². The molecule has 2 fully saturated rings. The van der Waals surface area contributed by atoms with Gasteiger partial charge in [-0.05, 0) is 49.6 Å². The van der Waals surface area contributed by atoms with E-state index in [-0.39, 0.29) is 11.6 Å². The van der Waals surface area contributed by atoms with E-state index < -0.39 is 34.6 Å². The van der Waals surface area contributed by atoms with Gasteiger partial charge in [0, 0.05) is 43.9 Å². The highest BCUT2D eigenvalue weighted by atomic mass is 19.4. The molecule has 0 aromatic heterocycles. The summed E-state index contributed by atoms with van der Waals surface area (Å²) >= 11 is 0. The number of urea groups is 1. The Kier molecular flexibility index (Phi) is 6.90. The minimum atomic E-state index is -4.64. The van der Waals surface area contributed by atoms with Crippen LogP contribution >= 0.6 is 0 Å². The Bertz CT molecular complexity index is 1130. The van der Waals surface area contributed by atoms with Gasteiger partial charge in [-0.25, -0.2) is 9.18 Å². The maximum atomic E-state index is 14.0. The Labute approximate surface area is 201 Å². The second kappa shape index (κ2) is 9.74. The number of para-hydroxylation sites is 1. The van der Waals surface area contributed by atoms with Crippen LogP contribution in [-0.2, 0) is 10.9 Å². The van der Waals surface area contributed by atoms with E-state index in [0.717, 1.165) is 6.07 Å². The van der Waals surface area contributed by atoms with Crippen molar-refractivity contribution in [1.29, 1.82) is 5.26 Å². The number of carbonyl (C=O) groups excluding carboxylic acids is 1. The third kappa shape index (κ3) is 5.05. The zero-order valence-corrected chi connectivity index (χ0v) is 19.2. The number of piperidine rings is 1. The second-order valence-electron chi connectivity index (χ2n) is 9.04. The molecular formula is C25H26F4N4O2. The van der Waals surface area contributed by atoms with Crippen molar-refractivity contribution in [2.75, 3.05) is 49.6 Å². The van der Waals surface area contributed by atoms with Crippen LogP contribution in [0.3, 0.4) is 0 Å². The number of hydrogen-bond acceptors (Lipinski definition) is 4. The van der Waals surface area contributed by atoms with E-state index in [1.165, 1.54) is 30.3 Å². The Morgan fingerprint density at radius 2 is 2.03 bits per heavy atom. The van der Waals surface area contributed by atoms with Crippen LogP contribution < -0.4 is 10.2 Å². The van der Waals surface area contributed by atoms with Crippen LogP contribution in [0.2, 0.25) is 0 Å². The highest BCUT2D eigenvalue weighted by Gasteiger charge is 2.51. The average molecular weight is 491 g/mol. The molecule has 0 spiro atoms. The summed E-state index contributed by atoms with van der Waals surface area (Å²) in [5, 5.41) is 11.7. The van der Waals surface area contributed by atoms with Crippen LogP contribution in [0.1, 0.15) is 24.5 Å². The van der Waals surface area contributed by atoms with E-state index in [9.17, 15) is 22.4 Å². The summed E-state index contributed by atoms with van der Waals surface area (Å²) in [5.41, 5.74) is -1.41. The van der Waals surface area contributed by atoms with Crippen molar-refractivity contribution in [3.8, 4) is 6.07 Å². The molecule has 2 aromatic rings. The van der Waals surface area contributed by atoms with Gasteiger partial charge in [0.2, 0.25) is 0 Å². The van der Waals surface area contributed by atoms with Gasteiger partial charge in [0.05, 0.1) is 29.5 Å². The van der Waals surface area contributed by atoms with Crippen LogP contribution in [0, 0.1) is 28.5 Å². The van der Waals surface area contributed by atoms with E-state index in [2.05, 4.69) is 5.32 Å². The molecule has 2 aliphatic heterocycles. The number of hydrogen-bond donors (Lipinski definition) is 1. The number of fused-ring (bicyclic) bond motifs is 1. The molecule has 0 radical (unpaired) electrons. The number of rotatable bonds is 5. The first kappa shape index (κ1) is 24.8. The van der Waals surface area contributed by atoms with Gasteiger partial charge in [-0.1, -0.05) is 12.1 Å². The number of benzene rings is 2. The van der Waals surface area contributed by atoms with Crippen molar-refractivity contribution in [2.24, 2.45) is 11.3 Å². The van der Waals surface area contributed by atoms with E-state index >= 15 is 0 Å². The molecule has 10 heteroatoms. The highest BCUT2D eigenvalue weighted by Crippen LogP contribution is 2.45. The smallest absolute Gasteiger partial charge is 0.381 e. The lowest BCUT2D eigenvalue weighted by Crippen LogP contribution is -2.54. The van der Waals surface area contributed by atoms with Crippen molar-refractivity contribution in [2.45, 2.75) is 19.5 Å². The summed E-state index contributed by atoms with van der Waals surface area (Å²) in [6.07, 6.45) is -4.01. The zero-order valence-electron chi connectivity index (χ0n) is 19.2. The van der Waals surface area contributed by atoms with Crippen molar-refractivity contribution in [3.05, 3.63) is 59.4 Å². The molecule has 0 saturated carbocycles. The molecule has 1 N–H and O–H groups in total. The maximum absolute atomic E-state index is 14.0. The summed E-state index contributed by atoms with van der Waals surface area (Å²) in [4.78, 5) is 16.4. The Balaban J connectivity index is 1.57. The molecule has 2 amide bonds. The van der Waals surface area contributed by atoms with Crippen LogP contribution in [0.5, 0.6) is 0 Å². The van der Waals surface area contributed by atoms with Crippen LogP contribution in [0.25, 0.3) is 0 Å². The van der Waals surface area contributed by atoms with Crippen molar-refractivity contribution in [3.63, 3.8) is 0 Å². The van der Waals surface area contributed by atoms with Gasteiger partial charge in [0.1, 0.15) is 5.82 Å². The first-order chi connectivity index (χ1) is 16.7. The van der Waals surface area contributed by atoms with Crippen LogP contribution in [0.15, 0.2) is 42.5 Å². The number of anilines is 2. The number of alkyl halides is 3. The first-order valence-electron chi connectivity index (χ1n) is 11.4. The molecular weight excluding hydrogens is 464 g/mol. The molecule has 0 bridgehead atoms. The van der Waals surface area contributed by atoms with E-state index in [1.54, 1.807) is 17.0 Å². The molecule has 2 atom stereocenters. The molecule has 2 aliphatic rings. The van der Waals surface area contributed by atoms with Crippen LogP contribution in [0.4, 0.5) is 33.7 Å². The Morgan fingerprint density at radius 3 is 2.71 bits per heavy atom. The lowest BCUT2D eigenvalue weighted by atomic mass is 9.74. The molecule has 2 heterocycles. The number of halogens is 4. The normalized spacial score (nSPS) is 22.0. The van der Waals surface area contributed by atoms with Gasteiger partial charge in [-0.15, -0.1) is 0 Å². The monoisotopic (exact) mass is 490 g/mol. The fraction of sp³-hybridized carbons (Fsp3) is 0.440. The van der Waals surface area contributed by atoms with Gasteiger partial charge in [0.25, 0.3) is 0 Å². The number of nitrogens with zero attached hydrogens (tertiary/aromatic N) is 3. The van der Waals surface area contributed by atoms with Gasteiger partial charge < -0.3 is 19.9 Å². The van der Waals surface area contributed by atoms with Crippen molar-refractivity contribution >= 4 is 17.4 Å². The molecule has 4 rings (SSSR count). The van der Waals surface area contributed by atoms with E-state index in [4.69, 9.17) is 10.00 Å². The zero-order chi connectivity index (χ0) is 25.2. The fourth-order valence-corrected chi connectivity index (χ4v) is 5.08. The molecule has 2 unspecified atom stereocenters. The predicted octanol–water partition coefficient (Wildman–Crippen LogP) is 5.11. The van der Waals surface area contributed by atoms with E-state index in [1.807, 2.05) is 11.8 Å². The molecule has 35 heavy (non-hydrogen) atoms. The minimum Gasteiger partial charge on any atom is -0.381 e. The average Bonchev–Trinajstić information content (AvgIpc) is 3.22. The lowest BCUT2D eigenvalue weighted by Gasteiger charge is -2.43. The first-order valence-corrected chi connectivity index (χ1v) is 11.4. The summed E-state index contributed by atoms with van der Waals surface area (Å²) in [5.74, 6) is -0.440. The molecule has 0 aliphatic carbocycles. The molecule has 6 nitrogen and oxygen atoms in total. The van der Waals surface area contributed by atoms with Crippen molar-refractivity contribution < 1.29 is 27.1 Å². The fourth-order valence-electron chi connectivity index (χ4n) is 5.08. The number of amides is 2. The van der Waals surface area contributed by atoms with Gasteiger partial charge in [0.15, 0.2) is 0 Å². The third-order valence-electron chi connectivity index (χ3n) is 6.86. The third-order valence-corrected chi connectivity index (χ3v) is 6.86. The van der Waals surface area contributed by atoms with Crippen molar-refractivity contribution in [1.82, 2.24) is 4.90 Å². The predicted molar refractivity (Wildman–Crippen MR) is 122 cm³/mol. The quantitative estimate of drug-likeness (QED) is 0.592. The summed E-state index contributed by atoms with van der Waals surface area (Å²) < 4.78 is 60.4. The van der Waals surface area contributed by atoms with Gasteiger partial charge in [-0.3, -0.25) is 0 Å². The number of nitriles is 1. The summed E-state index contributed by atoms with van der Waals surface area (Å²) in [6, 6.07) is 10.8. The Morgan fingerprint density at radius 1 is 1.26 bits per heavy atom. The minimum absolute atomic E-state index is 0.0868. The number of carbonyl (C=O) groups is 1. The topological polar surface area (TPSA) is 68.6 Å². The SMILES string of the molecule is CCOCC12CN(C(=O)Nc3ccccc3F)CCC1CN(c1ccc(C#N)c(C(F)(F)F)c1)C2. The highest BCUT2D eigenvalue weighted by molar-refractivity contribution is 5.89. The van der Waals surface area contributed by atoms with Gasteiger partial charge >= 0.3 is 12.2 Å². The second-order valence-corrected chi connectivity index (χ2v) is 9.04. The Hall–Kier alpha value is -3.32. The largest absolute Gasteiger partial charge is 0.417 e. The van der Waals surface area contributed by atoms with Gasteiger partial charge in [-0.2, -0.15) is 18.4 Å². The molecule has 186 valence electrons. The van der Waals surface area contributed by atoms with E-state index in [0.29, 0.717) is 51.5 Å². The maximum Gasteiger partial charge on any atom is 0.417 e. The summed E-state index contributed by atoms with van der Waals surface area (Å²) in [6.45, 7) is 4.34. The number of nitrogens with one attached hydrogen (secondary N) is 1. The number of ether oxygens (including phenoxy) is 1. The standard InChI is InChI=1S/C25H26F4N4O2/c1-2-35-16-24-14-32(23(34)31-22-6-4-3-5-21(22)26)10-9-18(24)13-33(15-24)19-8-7-17(12-30)20(11-19)25(27,28)29/h3-8,11,18H,2,9-10,13-16H2,1H3,(H,31,34). The lowest BCUT2D eigenvalue weighted by molar-refractivity contribution is -0.137.